The van der Waals surface area contributed by atoms with Gasteiger partial charge in [0, 0.05) is 7.11 Å². The fourth-order valence-corrected chi connectivity index (χ4v) is 0.857. The van der Waals surface area contributed by atoms with Gasteiger partial charge in [0.2, 0.25) is 0 Å². The molecule has 1 atom stereocenters. The highest BCUT2D eigenvalue weighted by Crippen LogP contribution is 2.13. The van der Waals surface area contributed by atoms with Gasteiger partial charge < -0.3 is 14.8 Å². The summed E-state index contributed by atoms with van der Waals surface area (Å²) in [6.45, 7) is 1.08. The number of alkyl halides is 2. The molecule has 1 N–H and O–H groups in total. The van der Waals surface area contributed by atoms with Crippen LogP contribution in [0.5, 0.6) is 0 Å². The topological polar surface area (TPSA) is 30.5 Å². The molecule has 0 amide bonds. The van der Waals surface area contributed by atoms with E-state index < -0.39 is 12.5 Å². The Morgan fingerprint density at radius 1 is 1.46 bits per heavy atom. The molecule has 80 valence electrons. The largest absolute Gasteiger partial charge is 0.382 e. The lowest BCUT2D eigenvalue weighted by molar-refractivity contribution is -0.104. The van der Waals surface area contributed by atoms with Crippen molar-refractivity contribution in [1.82, 2.24) is 5.32 Å². The van der Waals surface area contributed by atoms with Crippen LogP contribution in [-0.4, -0.2) is 45.9 Å². The van der Waals surface area contributed by atoms with E-state index in [9.17, 15) is 8.78 Å². The Morgan fingerprint density at radius 2 is 2.08 bits per heavy atom. The molecule has 1 unspecified atom stereocenters. The molecule has 0 rings (SSSR count). The Morgan fingerprint density at radius 3 is 2.54 bits per heavy atom. The van der Waals surface area contributed by atoms with Gasteiger partial charge in [-0.15, -0.1) is 0 Å². The van der Waals surface area contributed by atoms with Gasteiger partial charge in [0.05, 0.1) is 19.3 Å². The van der Waals surface area contributed by atoms with Gasteiger partial charge in [-0.1, -0.05) is 0 Å². The molecule has 0 saturated carbocycles. The molecule has 0 aromatic heterocycles. The Balaban J connectivity index is 3.60. The second-order valence-electron chi connectivity index (χ2n) is 2.96. The zero-order chi connectivity index (χ0) is 10.3. The fourth-order valence-electron chi connectivity index (χ4n) is 0.857. The van der Waals surface area contributed by atoms with E-state index >= 15 is 0 Å². The molecule has 0 aliphatic carbocycles. The first-order chi connectivity index (χ1) is 6.02. The Kier molecular flexibility index (Phi) is 6.11. The molecule has 0 fully saturated rings. The van der Waals surface area contributed by atoms with E-state index in [2.05, 4.69) is 5.32 Å². The zero-order valence-electron chi connectivity index (χ0n) is 8.27. The maximum atomic E-state index is 12.8. The van der Waals surface area contributed by atoms with Crippen molar-refractivity contribution in [1.29, 1.82) is 0 Å². The van der Waals surface area contributed by atoms with Crippen molar-refractivity contribution in [3.05, 3.63) is 0 Å². The number of hydrogen-bond donors (Lipinski definition) is 1. The van der Waals surface area contributed by atoms with Crippen LogP contribution < -0.4 is 5.32 Å². The van der Waals surface area contributed by atoms with Crippen LogP contribution in [0.4, 0.5) is 8.78 Å². The maximum absolute atomic E-state index is 12.8. The van der Waals surface area contributed by atoms with E-state index in [0.717, 1.165) is 0 Å². The summed E-state index contributed by atoms with van der Waals surface area (Å²) in [5.41, 5.74) is 0. The van der Waals surface area contributed by atoms with Gasteiger partial charge in [0.25, 0.3) is 5.92 Å². The minimum atomic E-state index is -2.81. The summed E-state index contributed by atoms with van der Waals surface area (Å²) in [7, 11) is 2.98. The van der Waals surface area contributed by atoms with E-state index in [1.807, 2.05) is 0 Å². The third kappa shape index (κ3) is 6.86. The predicted octanol–water partition coefficient (Wildman–Crippen LogP) is 0.893. The molecule has 5 heteroatoms. The summed E-state index contributed by atoms with van der Waals surface area (Å²) in [5, 5.41) is 2.40. The third-order valence-electron chi connectivity index (χ3n) is 1.42. The molecule has 0 saturated heterocycles. The average molecular weight is 197 g/mol. The molecule has 0 aromatic rings. The Labute approximate surface area is 77.4 Å². The minimum absolute atomic E-state index is 0.298. The molecule has 0 radical (unpaired) electrons. The van der Waals surface area contributed by atoms with Crippen molar-refractivity contribution >= 4 is 0 Å². The molecule has 0 aromatic carbocycles. The highest BCUT2D eigenvalue weighted by atomic mass is 19.3. The van der Waals surface area contributed by atoms with E-state index in [1.165, 1.54) is 14.2 Å². The van der Waals surface area contributed by atoms with E-state index in [-0.39, 0.29) is 12.6 Å². The van der Waals surface area contributed by atoms with Crippen LogP contribution in [0.15, 0.2) is 0 Å². The molecule has 0 heterocycles. The highest BCUT2D eigenvalue weighted by Gasteiger charge is 2.28. The van der Waals surface area contributed by atoms with Gasteiger partial charge in [-0.05, 0) is 14.0 Å². The van der Waals surface area contributed by atoms with Crippen molar-refractivity contribution in [2.45, 2.75) is 19.0 Å². The number of nitrogens with one attached hydrogen (secondary N) is 1. The van der Waals surface area contributed by atoms with E-state index in [0.29, 0.717) is 6.61 Å². The van der Waals surface area contributed by atoms with Crippen molar-refractivity contribution in [3.8, 4) is 0 Å². The second kappa shape index (κ2) is 6.23. The first-order valence-corrected chi connectivity index (χ1v) is 4.15. The van der Waals surface area contributed by atoms with Crippen LogP contribution in [0, 0.1) is 0 Å². The quantitative estimate of drug-likeness (QED) is 0.657. The SMILES string of the molecule is CNCC(F)(F)COC(C)COC. The van der Waals surface area contributed by atoms with Gasteiger partial charge in [-0.2, -0.15) is 0 Å². The maximum Gasteiger partial charge on any atom is 0.283 e. The number of ether oxygens (including phenoxy) is 2. The summed E-state index contributed by atoms with van der Waals surface area (Å²) in [5.74, 6) is -2.81. The highest BCUT2D eigenvalue weighted by molar-refractivity contribution is 4.67. The molecule has 0 spiro atoms. The monoisotopic (exact) mass is 197 g/mol. The summed E-state index contributed by atoms with van der Waals surface area (Å²) < 4.78 is 35.2. The Bertz CT molecular complexity index is 133. The number of hydrogen-bond acceptors (Lipinski definition) is 3. The lowest BCUT2D eigenvalue weighted by Gasteiger charge is -2.18. The van der Waals surface area contributed by atoms with E-state index in [1.54, 1.807) is 6.92 Å². The van der Waals surface area contributed by atoms with Gasteiger partial charge >= 0.3 is 0 Å². The number of halogens is 2. The minimum Gasteiger partial charge on any atom is -0.382 e. The normalized spacial score (nSPS) is 14.5. The van der Waals surface area contributed by atoms with Gasteiger partial charge in [0.1, 0.15) is 6.61 Å². The van der Waals surface area contributed by atoms with Crippen LogP contribution in [0.3, 0.4) is 0 Å². The fraction of sp³-hybridized carbons (Fsp3) is 1.00. The molecule has 0 aliphatic heterocycles. The van der Waals surface area contributed by atoms with Gasteiger partial charge in [0.15, 0.2) is 0 Å². The van der Waals surface area contributed by atoms with Crippen LogP contribution in [0.25, 0.3) is 0 Å². The first kappa shape index (κ1) is 12.7. The van der Waals surface area contributed by atoms with E-state index in [4.69, 9.17) is 9.47 Å². The van der Waals surface area contributed by atoms with Crippen molar-refractivity contribution in [3.63, 3.8) is 0 Å². The summed E-state index contributed by atoms with van der Waals surface area (Å²) in [4.78, 5) is 0. The van der Waals surface area contributed by atoms with Crippen LogP contribution in [0.2, 0.25) is 0 Å². The molecule has 13 heavy (non-hydrogen) atoms. The predicted molar refractivity (Wildman–Crippen MR) is 46.2 cm³/mol. The lowest BCUT2D eigenvalue weighted by atomic mass is 10.3. The summed E-state index contributed by atoms with van der Waals surface area (Å²) in [6.07, 6.45) is -0.298. The smallest absolute Gasteiger partial charge is 0.283 e. The van der Waals surface area contributed by atoms with Crippen molar-refractivity contribution < 1.29 is 18.3 Å². The summed E-state index contributed by atoms with van der Waals surface area (Å²) in [6, 6.07) is 0. The lowest BCUT2D eigenvalue weighted by Crippen LogP contribution is -2.36. The Hall–Kier alpha value is -0.260. The zero-order valence-corrected chi connectivity index (χ0v) is 8.27. The third-order valence-corrected chi connectivity index (χ3v) is 1.42. The van der Waals surface area contributed by atoms with Crippen molar-refractivity contribution in [2.75, 3.05) is 33.9 Å². The summed E-state index contributed by atoms with van der Waals surface area (Å²) >= 11 is 0. The molecule has 0 bridgehead atoms. The molecule has 3 nitrogen and oxygen atoms in total. The second-order valence-corrected chi connectivity index (χ2v) is 2.96. The van der Waals surface area contributed by atoms with Crippen LogP contribution in [-0.2, 0) is 9.47 Å². The first-order valence-electron chi connectivity index (χ1n) is 4.15. The standard InChI is InChI=1S/C8H17F2NO2/c1-7(4-12-3)13-6-8(9,10)5-11-2/h7,11H,4-6H2,1-3H3. The molecule has 0 aliphatic rings. The van der Waals surface area contributed by atoms with Crippen LogP contribution in [0.1, 0.15) is 6.92 Å². The molecular weight excluding hydrogens is 180 g/mol. The molecular formula is C8H17F2NO2. The average Bonchev–Trinajstić information content (AvgIpc) is 2.02. The van der Waals surface area contributed by atoms with Crippen LogP contribution >= 0.6 is 0 Å². The van der Waals surface area contributed by atoms with Gasteiger partial charge in [-0.3, -0.25) is 0 Å². The number of rotatable bonds is 7. The van der Waals surface area contributed by atoms with Gasteiger partial charge in [-0.25, -0.2) is 8.78 Å². The van der Waals surface area contributed by atoms with Crippen molar-refractivity contribution in [2.24, 2.45) is 0 Å². The number of methoxy groups -OCH3 is 1.